The zero-order valence-corrected chi connectivity index (χ0v) is 10.7. The molecular formula is C16H18N2. The molecule has 0 atom stereocenters. The van der Waals surface area contributed by atoms with Gasteiger partial charge in [0.05, 0.1) is 5.69 Å². The fourth-order valence-electron chi connectivity index (χ4n) is 1.97. The molecule has 0 spiro atoms. The quantitative estimate of drug-likeness (QED) is 0.884. The third-order valence-electron chi connectivity index (χ3n) is 3.34. The average Bonchev–Trinajstić information content (AvgIpc) is 3.22. The molecule has 0 bridgehead atoms. The Hall–Kier alpha value is -1.67. The zero-order valence-electron chi connectivity index (χ0n) is 10.7. The van der Waals surface area contributed by atoms with Crippen molar-refractivity contribution in [3.8, 4) is 11.3 Å². The maximum Gasteiger partial charge on any atom is 0.0702 e. The zero-order chi connectivity index (χ0) is 12.4. The second kappa shape index (κ2) is 4.91. The monoisotopic (exact) mass is 238 g/mol. The molecule has 3 rings (SSSR count). The summed E-state index contributed by atoms with van der Waals surface area (Å²) in [5.74, 6) is 0. The minimum absolute atomic E-state index is 0.752. The van der Waals surface area contributed by atoms with Gasteiger partial charge in [-0.2, -0.15) is 0 Å². The van der Waals surface area contributed by atoms with E-state index in [9.17, 15) is 0 Å². The molecule has 0 amide bonds. The predicted molar refractivity (Wildman–Crippen MR) is 74.3 cm³/mol. The van der Waals surface area contributed by atoms with Crippen LogP contribution in [0.25, 0.3) is 11.3 Å². The van der Waals surface area contributed by atoms with Crippen LogP contribution in [0.15, 0.2) is 42.6 Å². The molecule has 1 saturated carbocycles. The van der Waals surface area contributed by atoms with Crippen molar-refractivity contribution in [2.45, 2.75) is 32.4 Å². The van der Waals surface area contributed by atoms with E-state index in [0.717, 1.165) is 18.3 Å². The molecule has 92 valence electrons. The lowest BCUT2D eigenvalue weighted by molar-refractivity contribution is 0.686. The summed E-state index contributed by atoms with van der Waals surface area (Å²) < 4.78 is 0. The Kier molecular flexibility index (Phi) is 3.11. The van der Waals surface area contributed by atoms with Gasteiger partial charge >= 0.3 is 0 Å². The first kappa shape index (κ1) is 11.4. The number of hydrogen-bond donors (Lipinski definition) is 1. The molecule has 2 heteroatoms. The van der Waals surface area contributed by atoms with Gasteiger partial charge in [-0.05, 0) is 31.4 Å². The summed E-state index contributed by atoms with van der Waals surface area (Å²) in [6.45, 7) is 3.04. The maximum absolute atomic E-state index is 4.54. The highest BCUT2D eigenvalue weighted by Gasteiger charge is 2.19. The molecule has 1 aliphatic rings. The van der Waals surface area contributed by atoms with Crippen LogP contribution in [0, 0.1) is 6.92 Å². The number of hydrogen-bond acceptors (Lipinski definition) is 2. The molecule has 1 heterocycles. The molecule has 1 aliphatic carbocycles. The number of aromatic nitrogens is 1. The van der Waals surface area contributed by atoms with Crippen molar-refractivity contribution in [1.82, 2.24) is 10.3 Å². The number of rotatable bonds is 4. The molecule has 0 unspecified atom stereocenters. The summed E-state index contributed by atoms with van der Waals surface area (Å²) >= 11 is 0. The van der Waals surface area contributed by atoms with Crippen LogP contribution in [0.2, 0.25) is 0 Å². The number of nitrogens with zero attached hydrogens (tertiary/aromatic N) is 1. The van der Waals surface area contributed by atoms with Crippen molar-refractivity contribution >= 4 is 0 Å². The summed E-state index contributed by atoms with van der Waals surface area (Å²) in [5, 5.41) is 3.50. The Morgan fingerprint density at radius 2 is 1.89 bits per heavy atom. The van der Waals surface area contributed by atoms with Crippen molar-refractivity contribution in [2.24, 2.45) is 0 Å². The van der Waals surface area contributed by atoms with Gasteiger partial charge in [-0.3, -0.25) is 4.98 Å². The smallest absolute Gasteiger partial charge is 0.0702 e. The van der Waals surface area contributed by atoms with Crippen LogP contribution in [-0.2, 0) is 6.54 Å². The molecule has 2 nitrogen and oxygen atoms in total. The van der Waals surface area contributed by atoms with E-state index < -0.39 is 0 Å². The van der Waals surface area contributed by atoms with E-state index >= 15 is 0 Å². The van der Waals surface area contributed by atoms with Crippen LogP contribution in [0.3, 0.4) is 0 Å². The highest BCUT2D eigenvalue weighted by atomic mass is 14.9. The minimum Gasteiger partial charge on any atom is -0.310 e. The first-order chi connectivity index (χ1) is 8.81. The van der Waals surface area contributed by atoms with Crippen LogP contribution < -0.4 is 5.32 Å². The fraction of sp³-hybridized carbons (Fsp3) is 0.312. The van der Waals surface area contributed by atoms with E-state index in [2.05, 4.69) is 53.6 Å². The third kappa shape index (κ3) is 2.77. The molecule has 0 radical (unpaired) electrons. The van der Waals surface area contributed by atoms with Gasteiger partial charge in [0, 0.05) is 24.3 Å². The van der Waals surface area contributed by atoms with Gasteiger partial charge in [0.1, 0.15) is 0 Å². The molecule has 1 N–H and O–H groups in total. The standard InChI is InChI=1S/C16H18N2/c1-12-2-5-14(6-3-12)16-9-4-13(11-18-16)10-17-15-7-8-15/h2-6,9,11,15,17H,7-8,10H2,1H3. The van der Waals surface area contributed by atoms with E-state index in [1.54, 1.807) is 0 Å². The Morgan fingerprint density at radius 1 is 1.11 bits per heavy atom. The highest BCUT2D eigenvalue weighted by Crippen LogP contribution is 2.20. The van der Waals surface area contributed by atoms with E-state index in [1.807, 2.05) is 6.20 Å². The Bertz CT molecular complexity index is 510. The van der Waals surface area contributed by atoms with Gasteiger partial charge in [-0.15, -0.1) is 0 Å². The van der Waals surface area contributed by atoms with Crippen LogP contribution >= 0.6 is 0 Å². The summed E-state index contributed by atoms with van der Waals surface area (Å²) in [7, 11) is 0. The van der Waals surface area contributed by atoms with E-state index in [4.69, 9.17) is 0 Å². The van der Waals surface area contributed by atoms with Crippen molar-refractivity contribution in [2.75, 3.05) is 0 Å². The summed E-state index contributed by atoms with van der Waals surface area (Å²) in [6, 6.07) is 13.5. The maximum atomic E-state index is 4.54. The molecule has 18 heavy (non-hydrogen) atoms. The van der Waals surface area contributed by atoms with E-state index in [-0.39, 0.29) is 0 Å². The van der Waals surface area contributed by atoms with Crippen molar-refractivity contribution in [3.63, 3.8) is 0 Å². The topological polar surface area (TPSA) is 24.9 Å². The minimum atomic E-state index is 0.752. The number of aryl methyl sites for hydroxylation is 1. The number of nitrogens with one attached hydrogen (secondary N) is 1. The predicted octanol–water partition coefficient (Wildman–Crippen LogP) is 3.31. The van der Waals surface area contributed by atoms with Gasteiger partial charge in [0.2, 0.25) is 0 Å². The van der Waals surface area contributed by atoms with Crippen molar-refractivity contribution < 1.29 is 0 Å². The Balaban J connectivity index is 1.71. The Morgan fingerprint density at radius 3 is 2.50 bits per heavy atom. The third-order valence-corrected chi connectivity index (χ3v) is 3.34. The fourth-order valence-corrected chi connectivity index (χ4v) is 1.97. The lowest BCUT2D eigenvalue weighted by Crippen LogP contribution is -2.15. The summed E-state index contributed by atoms with van der Waals surface area (Å²) in [4.78, 5) is 4.54. The second-order valence-corrected chi connectivity index (χ2v) is 5.07. The van der Waals surface area contributed by atoms with Crippen LogP contribution in [-0.4, -0.2) is 11.0 Å². The van der Waals surface area contributed by atoms with Crippen molar-refractivity contribution in [1.29, 1.82) is 0 Å². The van der Waals surface area contributed by atoms with Crippen LogP contribution in [0.5, 0.6) is 0 Å². The molecule has 1 aromatic carbocycles. The Labute approximate surface area is 108 Å². The van der Waals surface area contributed by atoms with Gasteiger partial charge in [0.15, 0.2) is 0 Å². The van der Waals surface area contributed by atoms with Gasteiger partial charge in [0.25, 0.3) is 0 Å². The van der Waals surface area contributed by atoms with Crippen LogP contribution in [0.4, 0.5) is 0 Å². The second-order valence-electron chi connectivity index (χ2n) is 5.07. The molecule has 0 saturated heterocycles. The van der Waals surface area contributed by atoms with E-state index in [1.165, 1.54) is 29.5 Å². The van der Waals surface area contributed by atoms with Gasteiger partial charge in [-0.1, -0.05) is 35.9 Å². The molecule has 2 aromatic rings. The average molecular weight is 238 g/mol. The normalized spacial score (nSPS) is 14.7. The number of pyridine rings is 1. The first-order valence-electron chi connectivity index (χ1n) is 6.56. The van der Waals surface area contributed by atoms with Gasteiger partial charge in [-0.25, -0.2) is 0 Å². The van der Waals surface area contributed by atoms with Crippen LogP contribution in [0.1, 0.15) is 24.0 Å². The largest absolute Gasteiger partial charge is 0.310 e. The van der Waals surface area contributed by atoms with Crippen molar-refractivity contribution in [3.05, 3.63) is 53.7 Å². The summed E-state index contributed by atoms with van der Waals surface area (Å²) in [5.41, 5.74) is 4.77. The molecule has 1 aromatic heterocycles. The van der Waals surface area contributed by atoms with E-state index in [0.29, 0.717) is 0 Å². The number of benzene rings is 1. The molecule has 1 fully saturated rings. The summed E-state index contributed by atoms with van der Waals surface area (Å²) in [6.07, 6.45) is 4.63. The lowest BCUT2D eigenvalue weighted by Gasteiger charge is -2.05. The molecular weight excluding hydrogens is 220 g/mol. The SMILES string of the molecule is Cc1ccc(-c2ccc(CNC3CC3)cn2)cc1. The lowest BCUT2D eigenvalue weighted by atomic mass is 10.1. The highest BCUT2D eigenvalue weighted by molar-refractivity contribution is 5.59. The first-order valence-corrected chi connectivity index (χ1v) is 6.56. The molecule has 0 aliphatic heterocycles. The van der Waals surface area contributed by atoms with Gasteiger partial charge < -0.3 is 5.32 Å².